The van der Waals surface area contributed by atoms with Crippen LogP contribution in [-0.4, -0.2) is 21.1 Å². The van der Waals surface area contributed by atoms with E-state index in [9.17, 15) is 9.59 Å². The van der Waals surface area contributed by atoms with Crippen molar-refractivity contribution in [2.45, 2.75) is 37.0 Å². The lowest BCUT2D eigenvalue weighted by Gasteiger charge is -2.29. The Bertz CT molecular complexity index is 500. The van der Waals surface area contributed by atoms with E-state index in [0.717, 1.165) is 25.7 Å². The lowest BCUT2D eigenvalue weighted by Crippen LogP contribution is -2.35. The monoisotopic (exact) mass is 255 g/mol. The normalized spacial score (nSPS) is 24.8. The number of anilines is 1. The molecular formula is C11H17N3O2S. The summed E-state index contributed by atoms with van der Waals surface area (Å²) in [4.78, 5) is 25.1. The highest BCUT2D eigenvalue weighted by Crippen LogP contribution is 2.33. The van der Waals surface area contributed by atoms with Crippen LogP contribution >= 0.6 is 11.8 Å². The van der Waals surface area contributed by atoms with Gasteiger partial charge in [-0.15, -0.1) is 0 Å². The average Bonchev–Trinajstić information content (AvgIpc) is 2.28. The molecule has 2 rings (SSSR count). The summed E-state index contributed by atoms with van der Waals surface area (Å²) in [5, 5.41) is 0.686. The summed E-state index contributed by atoms with van der Waals surface area (Å²) < 4.78 is 1.53. The largest absolute Gasteiger partial charge is 0.385 e. The predicted molar refractivity (Wildman–Crippen MR) is 70.5 cm³/mol. The highest BCUT2D eigenvalue weighted by molar-refractivity contribution is 7.99. The molecule has 3 N–H and O–H groups in total. The standard InChI is InChI=1S/C11H17N3O2S/c1-17-8-4-2-7(3-5-8)14-9(12)6-10(15)13-11(14)16/h6-8H,2-5,12H2,1H3,(H,13,15,16). The van der Waals surface area contributed by atoms with Gasteiger partial charge in [-0.05, 0) is 31.9 Å². The molecule has 0 aromatic carbocycles. The minimum absolute atomic E-state index is 0.128. The van der Waals surface area contributed by atoms with E-state index in [-0.39, 0.29) is 17.5 Å². The van der Waals surface area contributed by atoms with Gasteiger partial charge in [0, 0.05) is 17.4 Å². The lowest BCUT2D eigenvalue weighted by molar-refractivity contribution is 0.352. The highest BCUT2D eigenvalue weighted by atomic mass is 32.2. The molecule has 1 fully saturated rings. The molecule has 5 nitrogen and oxygen atoms in total. The zero-order valence-corrected chi connectivity index (χ0v) is 10.6. The molecule has 0 bridgehead atoms. The fourth-order valence-corrected chi connectivity index (χ4v) is 3.18. The Morgan fingerprint density at radius 2 is 2.00 bits per heavy atom. The Hall–Kier alpha value is -1.17. The predicted octanol–water partition coefficient (Wildman–Crippen LogP) is 0.965. The SMILES string of the molecule is CSC1CCC(n2c(N)cc(=O)[nH]c2=O)CC1. The number of nitrogens with two attached hydrogens (primary N) is 1. The molecule has 0 spiro atoms. The smallest absolute Gasteiger partial charge is 0.330 e. The van der Waals surface area contributed by atoms with Gasteiger partial charge in [-0.1, -0.05) is 0 Å². The number of thioether (sulfide) groups is 1. The molecule has 0 aliphatic heterocycles. The van der Waals surface area contributed by atoms with Crippen LogP contribution in [0.3, 0.4) is 0 Å². The van der Waals surface area contributed by atoms with Gasteiger partial charge in [-0.25, -0.2) is 4.79 Å². The first kappa shape index (κ1) is 12.3. The first-order valence-corrected chi connectivity index (χ1v) is 7.04. The molecule has 0 atom stereocenters. The van der Waals surface area contributed by atoms with E-state index in [4.69, 9.17) is 5.73 Å². The van der Waals surface area contributed by atoms with Crippen LogP contribution < -0.4 is 17.0 Å². The third-order valence-electron chi connectivity index (χ3n) is 3.35. The van der Waals surface area contributed by atoms with Gasteiger partial charge in [0.2, 0.25) is 0 Å². The van der Waals surface area contributed by atoms with Crippen molar-refractivity contribution in [1.82, 2.24) is 9.55 Å². The summed E-state index contributed by atoms with van der Waals surface area (Å²) in [5.74, 6) is 0.270. The van der Waals surface area contributed by atoms with Crippen LogP contribution in [0.25, 0.3) is 0 Å². The molecule has 6 heteroatoms. The van der Waals surface area contributed by atoms with Gasteiger partial charge < -0.3 is 5.73 Å². The first-order chi connectivity index (χ1) is 8.11. The van der Waals surface area contributed by atoms with Crippen molar-refractivity contribution in [3.63, 3.8) is 0 Å². The molecule has 0 unspecified atom stereocenters. The van der Waals surface area contributed by atoms with Crippen LogP contribution in [0, 0.1) is 0 Å². The number of hydrogen-bond donors (Lipinski definition) is 2. The number of H-pyrrole nitrogens is 1. The summed E-state index contributed by atoms with van der Waals surface area (Å²) in [7, 11) is 0. The van der Waals surface area contributed by atoms with Crippen LogP contribution in [0.4, 0.5) is 5.82 Å². The van der Waals surface area contributed by atoms with Crippen molar-refractivity contribution in [2.24, 2.45) is 0 Å². The quantitative estimate of drug-likeness (QED) is 0.825. The van der Waals surface area contributed by atoms with E-state index in [1.165, 1.54) is 10.6 Å². The van der Waals surface area contributed by atoms with Gasteiger partial charge in [0.25, 0.3) is 5.56 Å². The number of aromatic nitrogens is 2. The Balaban J connectivity index is 2.25. The number of nitrogens with zero attached hydrogens (tertiary/aromatic N) is 1. The summed E-state index contributed by atoms with van der Waals surface area (Å²) in [6.07, 6.45) is 6.20. The number of rotatable bonds is 2. The second kappa shape index (κ2) is 5.00. The van der Waals surface area contributed by atoms with Gasteiger partial charge in [-0.2, -0.15) is 11.8 Å². The highest BCUT2D eigenvalue weighted by Gasteiger charge is 2.23. The summed E-state index contributed by atoms with van der Waals surface area (Å²) in [5.41, 5.74) is 4.94. The Morgan fingerprint density at radius 1 is 1.35 bits per heavy atom. The van der Waals surface area contributed by atoms with Crippen molar-refractivity contribution in [1.29, 1.82) is 0 Å². The molecule has 0 radical (unpaired) electrons. The lowest BCUT2D eigenvalue weighted by atomic mass is 9.94. The van der Waals surface area contributed by atoms with E-state index in [2.05, 4.69) is 11.2 Å². The van der Waals surface area contributed by atoms with E-state index >= 15 is 0 Å². The van der Waals surface area contributed by atoms with Gasteiger partial charge in [-0.3, -0.25) is 14.3 Å². The minimum Gasteiger partial charge on any atom is -0.385 e. The van der Waals surface area contributed by atoms with Gasteiger partial charge >= 0.3 is 5.69 Å². The second-order valence-corrected chi connectivity index (χ2v) is 5.54. The molecule has 1 aliphatic rings. The number of hydrogen-bond acceptors (Lipinski definition) is 4. The van der Waals surface area contributed by atoms with Gasteiger partial charge in [0.05, 0.1) is 0 Å². The maximum Gasteiger partial charge on any atom is 0.330 e. The van der Waals surface area contributed by atoms with Crippen LogP contribution in [0.5, 0.6) is 0 Å². The van der Waals surface area contributed by atoms with Crippen molar-refractivity contribution < 1.29 is 0 Å². The topological polar surface area (TPSA) is 80.9 Å². The number of nitrogen functional groups attached to an aromatic ring is 1. The van der Waals surface area contributed by atoms with E-state index in [1.54, 1.807) is 0 Å². The summed E-state index contributed by atoms with van der Waals surface area (Å²) in [6.45, 7) is 0. The summed E-state index contributed by atoms with van der Waals surface area (Å²) in [6, 6.07) is 1.41. The van der Waals surface area contributed by atoms with Gasteiger partial charge in [0.1, 0.15) is 5.82 Å². The maximum absolute atomic E-state index is 11.7. The molecular weight excluding hydrogens is 238 g/mol. The van der Waals surface area contributed by atoms with Crippen molar-refractivity contribution in [3.8, 4) is 0 Å². The maximum atomic E-state index is 11.7. The van der Waals surface area contributed by atoms with E-state index in [1.807, 2.05) is 11.8 Å². The van der Waals surface area contributed by atoms with E-state index in [0.29, 0.717) is 5.25 Å². The zero-order valence-electron chi connectivity index (χ0n) is 9.81. The van der Waals surface area contributed by atoms with Crippen molar-refractivity contribution in [2.75, 3.05) is 12.0 Å². The molecule has 17 heavy (non-hydrogen) atoms. The molecule has 1 aromatic heterocycles. The first-order valence-electron chi connectivity index (χ1n) is 5.76. The zero-order chi connectivity index (χ0) is 12.4. The Morgan fingerprint density at radius 3 is 2.53 bits per heavy atom. The molecule has 1 aromatic rings. The van der Waals surface area contributed by atoms with Crippen LogP contribution in [0.2, 0.25) is 0 Å². The molecule has 1 heterocycles. The molecule has 1 saturated carbocycles. The Kier molecular flexibility index (Phi) is 3.61. The molecule has 94 valence electrons. The van der Waals surface area contributed by atoms with Crippen LogP contribution in [0.15, 0.2) is 15.7 Å². The third-order valence-corrected chi connectivity index (χ3v) is 4.49. The van der Waals surface area contributed by atoms with Crippen LogP contribution in [-0.2, 0) is 0 Å². The average molecular weight is 255 g/mol. The third kappa shape index (κ3) is 2.57. The number of aromatic amines is 1. The van der Waals surface area contributed by atoms with Crippen molar-refractivity contribution >= 4 is 17.6 Å². The fraction of sp³-hybridized carbons (Fsp3) is 0.636. The molecule has 0 saturated heterocycles. The van der Waals surface area contributed by atoms with Gasteiger partial charge in [0.15, 0.2) is 0 Å². The van der Waals surface area contributed by atoms with E-state index < -0.39 is 5.56 Å². The van der Waals surface area contributed by atoms with Crippen LogP contribution in [0.1, 0.15) is 31.7 Å². The Labute approximate surface area is 103 Å². The second-order valence-electron chi connectivity index (χ2n) is 4.40. The molecule has 0 amide bonds. The molecule has 1 aliphatic carbocycles. The minimum atomic E-state index is -0.429. The van der Waals surface area contributed by atoms with Crippen molar-refractivity contribution in [3.05, 3.63) is 26.9 Å². The number of nitrogens with one attached hydrogen (secondary N) is 1. The fourth-order valence-electron chi connectivity index (χ4n) is 2.44. The summed E-state index contributed by atoms with van der Waals surface area (Å²) >= 11 is 1.88.